The van der Waals surface area contributed by atoms with Crippen LogP contribution >= 0.6 is 22.9 Å². The Morgan fingerprint density at radius 3 is 2.62 bits per heavy atom. The molecule has 0 bridgehead atoms. The first-order chi connectivity index (χ1) is 12.7. The maximum absolute atomic E-state index is 6.08. The number of aryl methyl sites for hydroxylation is 1. The van der Waals surface area contributed by atoms with E-state index in [4.69, 9.17) is 21.3 Å². The fourth-order valence-electron chi connectivity index (χ4n) is 3.11. The molecule has 1 aromatic heterocycles. The van der Waals surface area contributed by atoms with Crippen molar-refractivity contribution >= 4 is 38.3 Å². The number of fused-ring (bicyclic) bond motifs is 1. The van der Waals surface area contributed by atoms with Crippen molar-refractivity contribution in [2.45, 2.75) is 6.92 Å². The number of aromatic nitrogens is 1. The second-order valence-electron chi connectivity index (χ2n) is 6.60. The number of piperazine rings is 1. The van der Waals surface area contributed by atoms with Crippen LogP contribution in [-0.4, -0.2) is 49.2 Å². The van der Waals surface area contributed by atoms with Crippen LogP contribution in [0.15, 0.2) is 42.5 Å². The van der Waals surface area contributed by atoms with E-state index in [0.717, 1.165) is 65.5 Å². The van der Waals surface area contributed by atoms with Crippen molar-refractivity contribution < 1.29 is 4.74 Å². The van der Waals surface area contributed by atoms with E-state index in [1.54, 1.807) is 11.3 Å². The number of ether oxygens (including phenoxy) is 1. The van der Waals surface area contributed by atoms with Crippen LogP contribution in [0.2, 0.25) is 5.02 Å². The fourth-order valence-corrected chi connectivity index (χ4v) is 4.40. The second-order valence-corrected chi connectivity index (χ2v) is 8.04. The van der Waals surface area contributed by atoms with E-state index in [1.807, 2.05) is 30.3 Å². The van der Waals surface area contributed by atoms with E-state index in [0.29, 0.717) is 0 Å². The Morgan fingerprint density at radius 2 is 1.85 bits per heavy atom. The highest BCUT2D eigenvalue weighted by molar-refractivity contribution is 7.22. The Kier molecular flexibility index (Phi) is 5.29. The number of hydrogen-bond acceptors (Lipinski definition) is 5. The van der Waals surface area contributed by atoms with Gasteiger partial charge in [0.2, 0.25) is 0 Å². The standard InChI is InChI=1S/C20H22ClN3OS/c1-15-2-5-17(6-3-15)25-13-12-23-8-10-24(11-9-23)20-22-18-7-4-16(21)14-19(18)26-20/h2-7,14H,8-13H2,1H3. The molecule has 6 heteroatoms. The molecule has 0 aliphatic carbocycles. The lowest BCUT2D eigenvalue weighted by Crippen LogP contribution is -2.47. The molecule has 0 saturated carbocycles. The van der Waals surface area contributed by atoms with Gasteiger partial charge in [0.15, 0.2) is 5.13 Å². The van der Waals surface area contributed by atoms with Crippen LogP contribution in [0.25, 0.3) is 10.2 Å². The Labute approximate surface area is 163 Å². The number of anilines is 1. The highest BCUT2D eigenvalue weighted by Crippen LogP contribution is 2.31. The van der Waals surface area contributed by atoms with Crippen molar-refractivity contribution in [1.29, 1.82) is 0 Å². The summed E-state index contributed by atoms with van der Waals surface area (Å²) in [6.07, 6.45) is 0. The molecule has 136 valence electrons. The summed E-state index contributed by atoms with van der Waals surface area (Å²) in [5, 5.41) is 1.86. The fraction of sp³-hybridized carbons (Fsp3) is 0.350. The van der Waals surface area contributed by atoms with Gasteiger partial charge in [-0.3, -0.25) is 4.90 Å². The van der Waals surface area contributed by atoms with Crippen molar-refractivity contribution in [3.8, 4) is 5.75 Å². The van der Waals surface area contributed by atoms with Crippen LogP contribution in [0, 0.1) is 6.92 Å². The van der Waals surface area contributed by atoms with E-state index >= 15 is 0 Å². The van der Waals surface area contributed by atoms with Crippen LogP contribution in [0.1, 0.15) is 5.56 Å². The van der Waals surface area contributed by atoms with Gasteiger partial charge in [-0.15, -0.1) is 0 Å². The molecule has 3 aromatic rings. The number of rotatable bonds is 5. The molecular formula is C20H22ClN3OS. The third-order valence-electron chi connectivity index (χ3n) is 4.68. The summed E-state index contributed by atoms with van der Waals surface area (Å²) in [5.74, 6) is 0.947. The third kappa shape index (κ3) is 4.11. The minimum absolute atomic E-state index is 0.725. The zero-order valence-corrected chi connectivity index (χ0v) is 16.4. The van der Waals surface area contributed by atoms with Crippen LogP contribution < -0.4 is 9.64 Å². The Balaban J connectivity index is 1.27. The van der Waals surface area contributed by atoms with Gasteiger partial charge in [-0.2, -0.15) is 0 Å². The number of thiazole rings is 1. The van der Waals surface area contributed by atoms with Crippen LogP contribution in [0.4, 0.5) is 5.13 Å². The summed E-state index contributed by atoms with van der Waals surface area (Å²) in [6.45, 7) is 7.83. The predicted molar refractivity (Wildman–Crippen MR) is 110 cm³/mol. The number of nitrogens with zero attached hydrogens (tertiary/aromatic N) is 3. The van der Waals surface area contributed by atoms with Gasteiger partial charge in [0, 0.05) is 37.7 Å². The smallest absolute Gasteiger partial charge is 0.186 e. The van der Waals surface area contributed by atoms with E-state index in [1.165, 1.54) is 5.56 Å². The molecule has 1 fully saturated rings. The predicted octanol–water partition coefficient (Wildman–Crippen LogP) is 4.46. The largest absolute Gasteiger partial charge is 0.492 e. The normalized spacial score (nSPS) is 15.5. The molecule has 0 N–H and O–H groups in total. The molecule has 1 aliphatic rings. The van der Waals surface area contributed by atoms with Crippen LogP contribution in [0.5, 0.6) is 5.75 Å². The minimum Gasteiger partial charge on any atom is -0.492 e. The highest BCUT2D eigenvalue weighted by Gasteiger charge is 2.19. The van der Waals surface area contributed by atoms with Crippen molar-refractivity contribution in [2.75, 3.05) is 44.2 Å². The molecule has 0 amide bonds. The first kappa shape index (κ1) is 17.6. The lowest BCUT2D eigenvalue weighted by molar-refractivity contribution is 0.200. The van der Waals surface area contributed by atoms with Gasteiger partial charge in [-0.05, 0) is 37.3 Å². The summed E-state index contributed by atoms with van der Waals surface area (Å²) in [5.41, 5.74) is 2.29. The summed E-state index contributed by atoms with van der Waals surface area (Å²) in [7, 11) is 0. The Morgan fingerprint density at radius 1 is 1.08 bits per heavy atom. The van der Waals surface area contributed by atoms with Gasteiger partial charge in [-0.1, -0.05) is 40.6 Å². The Bertz CT molecular complexity index is 872. The lowest BCUT2D eigenvalue weighted by Gasteiger charge is -2.34. The molecule has 2 aromatic carbocycles. The zero-order chi connectivity index (χ0) is 17.9. The number of hydrogen-bond donors (Lipinski definition) is 0. The first-order valence-corrected chi connectivity index (χ1v) is 10.1. The average molecular weight is 388 g/mol. The molecule has 0 radical (unpaired) electrons. The summed E-state index contributed by atoms with van der Waals surface area (Å²) in [4.78, 5) is 9.58. The van der Waals surface area contributed by atoms with E-state index < -0.39 is 0 Å². The summed E-state index contributed by atoms with van der Waals surface area (Å²) < 4.78 is 7.00. The topological polar surface area (TPSA) is 28.6 Å². The molecule has 4 rings (SSSR count). The Hall–Kier alpha value is -1.82. The zero-order valence-electron chi connectivity index (χ0n) is 14.8. The molecule has 2 heterocycles. The molecule has 0 spiro atoms. The molecular weight excluding hydrogens is 366 g/mol. The molecule has 0 unspecified atom stereocenters. The van der Waals surface area contributed by atoms with Gasteiger partial charge < -0.3 is 9.64 Å². The van der Waals surface area contributed by atoms with Crippen LogP contribution in [-0.2, 0) is 0 Å². The molecule has 1 saturated heterocycles. The van der Waals surface area contributed by atoms with Gasteiger partial charge in [0.1, 0.15) is 12.4 Å². The SMILES string of the molecule is Cc1ccc(OCCN2CCN(c3nc4ccc(Cl)cc4s3)CC2)cc1. The van der Waals surface area contributed by atoms with Gasteiger partial charge >= 0.3 is 0 Å². The maximum atomic E-state index is 6.08. The van der Waals surface area contributed by atoms with E-state index in [2.05, 4.69) is 28.9 Å². The van der Waals surface area contributed by atoms with Crippen molar-refractivity contribution in [1.82, 2.24) is 9.88 Å². The van der Waals surface area contributed by atoms with Crippen molar-refractivity contribution in [2.24, 2.45) is 0 Å². The van der Waals surface area contributed by atoms with Gasteiger partial charge in [0.25, 0.3) is 0 Å². The molecule has 4 nitrogen and oxygen atoms in total. The molecule has 26 heavy (non-hydrogen) atoms. The maximum Gasteiger partial charge on any atom is 0.186 e. The van der Waals surface area contributed by atoms with Crippen molar-refractivity contribution in [3.63, 3.8) is 0 Å². The molecule has 1 aliphatic heterocycles. The third-order valence-corrected chi connectivity index (χ3v) is 5.99. The summed E-state index contributed by atoms with van der Waals surface area (Å²) >= 11 is 7.80. The lowest BCUT2D eigenvalue weighted by atomic mass is 10.2. The van der Waals surface area contributed by atoms with Crippen molar-refractivity contribution in [3.05, 3.63) is 53.1 Å². The highest BCUT2D eigenvalue weighted by atomic mass is 35.5. The average Bonchev–Trinajstić information content (AvgIpc) is 3.07. The van der Waals surface area contributed by atoms with E-state index in [9.17, 15) is 0 Å². The second kappa shape index (κ2) is 7.82. The summed E-state index contributed by atoms with van der Waals surface area (Å²) in [6, 6.07) is 14.1. The van der Waals surface area contributed by atoms with Crippen LogP contribution in [0.3, 0.4) is 0 Å². The number of benzene rings is 2. The monoisotopic (exact) mass is 387 g/mol. The minimum atomic E-state index is 0.725. The van der Waals surface area contributed by atoms with Gasteiger partial charge in [0.05, 0.1) is 10.2 Å². The van der Waals surface area contributed by atoms with E-state index in [-0.39, 0.29) is 0 Å². The number of halogens is 1. The van der Waals surface area contributed by atoms with Gasteiger partial charge in [-0.25, -0.2) is 4.98 Å². The molecule has 0 atom stereocenters. The quantitative estimate of drug-likeness (QED) is 0.646. The first-order valence-electron chi connectivity index (χ1n) is 8.90.